The number of ether oxygens (including phenoxy) is 1. The van der Waals surface area contributed by atoms with Crippen molar-refractivity contribution >= 4 is 11.0 Å². The third kappa shape index (κ3) is 2.48. The number of fused-ring (bicyclic) bond motifs is 1. The van der Waals surface area contributed by atoms with E-state index in [1.54, 1.807) is 6.92 Å². The average Bonchev–Trinajstić information content (AvgIpc) is 2.39. The van der Waals surface area contributed by atoms with E-state index in [1.165, 1.54) is 19.2 Å². The second-order valence-corrected chi connectivity index (χ2v) is 4.56. The molecule has 6 heteroatoms. The van der Waals surface area contributed by atoms with Gasteiger partial charge in [-0.3, -0.25) is 4.79 Å². The molecular weight excluding hydrogens is 264 g/mol. The predicted molar refractivity (Wildman–Crippen MR) is 72.0 cm³/mol. The standard InChI is InChI=1S/C14H16O6/c1-7(16)3-11-9(6-15)14(18)8-4-10(17)13(19-2)5-12(8)20-11/h4-5,7,15-17H,3,6H2,1-2H3/t7-/m0/s1. The molecule has 108 valence electrons. The number of aliphatic hydroxyl groups excluding tert-OH is 2. The molecule has 1 aromatic heterocycles. The Balaban J connectivity index is 2.76. The molecule has 0 saturated carbocycles. The van der Waals surface area contributed by atoms with E-state index in [2.05, 4.69) is 0 Å². The lowest BCUT2D eigenvalue weighted by Crippen LogP contribution is -2.16. The van der Waals surface area contributed by atoms with Crippen LogP contribution in [0.2, 0.25) is 0 Å². The maximum Gasteiger partial charge on any atom is 0.198 e. The molecule has 0 spiro atoms. The van der Waals surface area contributed by atoms with Gasteiger partial charge in [0, 0.05) is 12.5 Å². The summed E-state index contributed by atoms with van der Waals surface area (Å²) in [6.07, 6.45) is -0.593. The fourth-order valence-corrected chi connectivity index (χ4v) is 2.05. The molecule has 1 aromatic carbocycles. The van der Waals surface area contributed by atoms with Crippen molar-refractivity contribution in [2.45, 2.75) is 26.1 Å². The van der Waals surface area contributed by atoms with E-state index in [-0.39, 0.29) is 40.2 Å². The monoisotopic (exact) mass is 280 g/mol. The van der Waals surface area contributed by atoms with E-state index in [4.69, 9.17) is 9.15 Å². The number of aromatic hydroxyl groups is 1. The highest BCUT2D eigenvalue weighted by Gasteiger charge is 2.17. The van der Waals surface area contributed by atoms with Gasteiger partial charge in [-0.15, -0.1) is 0 Å². The number of aliphatic hydroxyl groups is 2. The summed E-state index contributed by atoms with van der Waals surface area (Å²) in [4.78, 5) is 12.3. The van der Waals surface area contributed by atoms with Crippen LogP contribution in [0.3, 0.4) is 0 Å². The third-order valence-electron chi connectivity index (χ3n) is 3.01. The SMILES string of the molecule is COc1cc2oc(C[C@H](C)O)c(CO)c(=O)c2cc1O. The summed E-state index contributed by atoms with van der Waals surface area (Å²) in [6, 6.07) is 2.64. The zero-order valence-corrected chi connectivity index (χ0v) is 11.2. The maximum absolute atomic E-state index is 12.3. The first-order valence-electron chi connectivity index (χ1n) is 6.12. The minimum atomic E-state index is -0.708. The van der Waals surface area contributed by atoms with Crippen LogP contribution in [-0.4, -0.2) is 28.5 Å². The van der Waals surface area contributed by atoms with Gasteiger partial charge in [-0.05, 0) is 13.0 Å². The van der Waals surface area contributed by atoms with E-state index in [0.717, 1.165) is 0 Å². The second-order valence-electron chi connectivity index (χ2n) is 4.56. The van der Waals surface area contributed by atoms with E-state index >= 15 is 0 Å². The zero-order valence-electron chi connectivity index (χ0n) is 11.2. The fourth-order valence-electron chi connectivity index (χ4n) is 2.05. The average molecular weight is 280 g/mol. The number of hydrogen-bond acceptors (Lipinski definition) is 6. The van der Waals surface area contributed by atoms with Crippen molar-refractivity contribution in [1.82, 2.24) is 0 Å². The Kier molecular flexibility index (Phi) is 3.96. The molecule has 0 unspecified atom stereocenters. The number of phenols is 1. The fraction of sp³-hybridized carbons (Fsp3) is 0.357. The number of rotatable bonds is 4. The van der Waals surface area contributed by atoms with Crippen molar-refractivity contribution in [2.75, 3.05) is 7.11 Å². The minimum Gasteiger partial charge on any atom is -0.504 e. The predicted octanol–water partition coefficient (Wildman–Crippen LogP) is 0.923. The first-order valence-corrected chi connectivity index (χ1v) is 6.12. The van der Waals surface area contributed by atoms with Crippen LogP contribution >= 0.6 is 0 Å². The van der Waals surface area contributed by atoms with Crippen LogP contribution in [0.15, 0.2) is 21.3 Å². The van der Waals surface area contributed by atoms with Gasteiger partial charge in [-0.25, -0.2) is 0 Å². The van der Waals surface area contributed by atoms with Gasteiger partial charge in [0.25, 0.3) is 0 Å². The van der Waals surface area contributed by atoms with Crippen molar-refractivity contribution < 1.29 is 24.5 Å². The number of benzene rings is 1. The van der Waals surface area contributed by atoms with Crippen LogP contribution in [0.25, 0.3) is 11.0 Å². The Bertz CT molecular complexity index is 686. The summed E-state index contributed by atoms with van der Waals surface area (Å²) in [7, 11) is 1.39. The number of methoxy groups -OCH3 is 1. The lowest BCUT2D eigenvalue weighted by atomic mass is 10.1. The van der Waals surface area contributed by atoms with Gasteiger partial charge in [-0.2, -0.15) is 0 Å². The Morgan fingerprint density at radius 1 is 1.40 bits per heavy atom. The Morgan fingerprint density at radius 2 is 2.10 bits per heavy atom. The molecule has 20 heavy (non-hydrogen) atoms. The Hall–Kier alpha value is -2.05. The molecular formula is C14H16O6. The van der Waals surface area contributed by atoms with Crippen molar-refractivity contribution in [3.8, 4) is 11.5 Å². The van der Waals surface area contributed by atoms with Crippen LogP contribution in [0, 0.1) is 0 Å². The van der Waals surface area contributed by atoms with Gasteiger partial charge < -0.3 is 24.5 Å². The zero-order chi connectivity index (χ0) is 14.9. The third-order valence-corrected chi connectivity index (χ3v) is 3.01. The normalized spacial score (nSPS) is 12.6. The van der Waals surface area contributed by atoms with Crippen molar-refractivity contribution in [3.63, 3.8) is 0 Å². The molecule has 0 bridgehead atoms. The quantitative estimate of drug-likeness (QED) is 0.770. The molecule has 2 rings (SSSR count). The van der Waals surface area contributed by atoms with Crippen LogP contribution in [0.4, 0.5) is 0 Å². The molecule has 0 aliphatic carbocycles. The van der Waals surface area contributed by atoms with E-state index in [1.807, 2.05) is 0 Å². The van der Waals surface area contributed by atoms with E-state index < -0.39 is 18.1 Å². The lowest BCUT2D eigenvalue weighted by molar-refractivity contribution is 0.185. The van der Waals surface area contributed by atoms with Gasteiger partial charge in [-0.1, -0.05) is 0 Å². The summed E-state index contributed by atoms with van der Waals surface area (Å²) in [5.41, 5.74) is -0.109. The molecule has 0 aliphatic rings. The summed E-state index contributed by atoms with van der Waals surface area (Å²) in [5, 5.41) is 28.6. The van der Waals surface area contributed by atoms with Gasteiger partial charge in [0.05, 0.1) is 30.8 Å². The van der Waals surface area contributed by atoms with Crippen LogP contribution in [0.5, 0.6) is 11.5 Å². The largest absolute Gasteiger partial charge is 0.504 e. The molecule has 6 nitrogen and oxygen atoms in total. The van der Waals surface area contributed by atoms with Crippen LogP contribution in [0.1, 0.15) is 18.2 Å². The first kappa shape index (κ1) is 14.4. The van der Waals surface area contributed by atoms with Crippen LogP contribution in [-0.2, 0) is 13.0 Å². The van der Waals surface area contributed by atoms with Gasteiger partial charge in [0.1, 0.15) is 11.3 Å². The van der Waals surface area contributed by atoms with Gasteiger partial charge >= 0.3 is 0 Å². The van der Waals surface area contributed by atoms with E-state index in [0.29, 0.717) is 0 Å². The topological polar surface area (TPSA) is 100 Å². The molecule has 3 N–H and O–H groups in total. The second kappa shape index (κ2) is 5.52. The van der Waals surface area contributed by atoms with Crippen molar-refractivity contribution in [3.05, 3.63) is 33.7 Å². The van der Waals surface area contributed by atoms with Gasteiger partial charge in [0.15, 0.2) is 16.9 Å². The summed E-state index contributed by atoms with van der Waals surface area (Å²) < 4.78 is 10.5. The smallest absolute Gasteiger partial charge is 0.198 e. The highest BCUT2D eigenvalue weighted by atomic mass is 16.5. The van der Waals surface area contributed by atoms with Crippen molar-refractivity contribution in [1.29, 1.82) is 0 Å². The molecule has 1 atom stereocenters. The Labute approximate surface area is 114 Å². The molecule has 1 heterocycles. The summed E-state index contributed by atoms with van der Waals surface area (Å²) in [5.74, 6) is 0.229. The molecule has 0 saturated heterocycles. The number of hydrogen-bond donors (Lipinski definition) is 3. The molecule has 0 radical (unpaired) electrons. The van der Waals surface area contributed by atoms with E-state index in [9.17, 15) is 20.1 Å². The highest BCUT2D eigenvalue weighted by molar-refractivity contribution is 5.81. The number of phenolic OH excluding ortho intramolecular Hbond substituents is 1. The summed E-state index contributed by atoms with van der Waals surface area (Å²) in [6.45, 7) is 1.07. The Morgan fingerprint density at radius 3 is 2.65 bits per heavy atom. The molecule has 0 fully saturated rings. The maximum atomic E-state index is 12.3. The lowest BCUT2D eigenvalue weighted by Gasteiger charge is -2.11. The molecule has 0 amide bonds. The van der Waals surface area contributed by atoms with Crippen LogP contribution < -0.4 is 10.2 Å². The van der Waals surface area contributed by atoms with Crippen molar-refractivity contribution in [2.24, 2.45) is 0 Å². The first-order chi connectivity index (χ1) is 9.47. The van der Waals surface area contributed by atoms with Gasteiger partial charge in [0.2, 0.25) is 0 Å². The minimum absolute atomic E-state index is 0.0861. The molecule has 2 aromatic rings. The molecule has 0 aliphatic heterocycles. The highest BCUT2D eigenvalue weighted by Crippen LogP contribution is 2.31. The summed E-state index contributed by atoms with van der Waals surface area (Å²) >= 11 is 0.